The van der Waals surface area contributed by atoms with Gasteiger partial charge < -0.3 is 14.8 Å². The number of benzene rings is 1. The summed E-state index contributed by atoms with van der Waals surface area (Å²) < 4.78 is 10.5. The molecule has 1 saturated heterocycles. The SMILES string of the molecule is COc1ccc(CC(C)NC2CCOC2)cc1. The average molecular weight is 235 g/mol. The highest BCUT2D eigenvalue weighted by Gasteiger charge is 2.17. The maximum absolute atomic E-state index is 5.36. The van der Waals surface area contributed by atoms with E-state index in [0.717, 1.165) is 31.8 Å². The maximum atomic E-state index is 5.36. The van der Waals surface area contributed by atoms with E-state index in [1.54, 1.807) is 7.11 Å². The maximum Gasteiger partial charge on any atom is 0.118 e. The first kappa shape index (κ1) is 12.4. The molecule has 2 unspecified atom stereocenters. The average Bonchev–Trinajstić information content (AvgIpc) is 2.82. The van der Waals surface area contributed by atoms with Crippen LogP contribution in [0.3, 0.4) is 0 Å². The molecule has 1 fully saturated rings. The van der Waals surface area contributed by atoms with Crippen molar-refractivity contribution in [3.8, 4) is 5.75 Å². The summed E-state index contributed by atoms with van der Waals surface area (Å²) in [5.41, 5.74) is 1.34. The number of hydrogen-bond acceptors (Lipinski definition) is 3. The van der Waals surface area contributed by atoms with Crippen molar-refractivity contribution in [3.63, 3.8) is 0 Å². The summed E-state index contributed by atoms with van der Waals surface area (Å²) in [4.78, 5) is 0. The minimum absolute atomic E-state index is 0.482. The number of nitrogens with one attached hydrogen (secondary N) is 1. The number of hydrogen-bond donors (Lipinski definition) is 1. The number of methoxy groups -OCH3 is 1. The predicted molar refractivity (Wildman–Crippen MR) is 68.5 cm³/mol. The standard InChI is InChI=1S/C14H21NO2/c1-11(15-13-7-8-17-10-13)9-12-3-5-14(16-2)6-4-12/h3-6,11,13,15H,7-10H2,1-2H3. The van der Waals surface area contributed by atoms with Gasteiger partial charge in [-0.05, 0) is 37.5 Å². The highest BCUT2D eigenvalue weighted by Crippen LogP contribution is 2.13. The fourth-order valence-electron chi connectivity index (χ4n) is 2.24. The molecule has 0 aromatic heterocycles. The van der Waals surface area contributed by atoms with Crippen molar-refractivity contribution in [3.05, 3.63) is 29.8 Å². The van der Waals surface area contributed by atoms with Crippen molar-refractivity contribution in [2.75, 3.05) is 20.3 Å². The molecule has 2 rings (SSSR count). The second-order valence-corrected chi connectivity index (χ2v) is 4.68. The van der Waals surface area contributed by atoms with E-state index in [9.17, 15) is 0 Å². The van der Waals surface area contributed by atoms with Gasteiger partial charge in [-0.2, -0.15) is 0 Å². The minimum Gasteiger partial charge on any atom is -0.497 e. The molecule has 0 saturated carbocycles. The van der Waals surface area contributed by atoms with Gasteiger partial charge in [-0.3, -0.25) is 0 Å². The summed E-state index contributed by atoms with van der Waals surface area (Å²) in [6.45, 7) is 3.97. The number of ether oxygens (including phenoxy) is 2. The quantitative estimate of drug-likeness (QED) is 0.847. The lowest BCUT2D eigenvalue weighted by Gasteiger charge is -2.18. The van der Waals surface area contributed by atoms with Crippen LogP contribution in [-0.4, -0.2) is 32.4 Å². The van der Waals surface area contributed by atoms with Gasteiger partial charge in [-0.25, -0.2) is 0 Å². The van der Waals surface area contributed by atoms with Gasteiger partial charge in [0.2, 0.25) is 0 Å². The molecule has 17 heavy (non-hydrogen) atoms. The number of rotatable bonds is 5. The molecule has 94 valence electrons. The van der Waals surface area contributed by atoms with Gasteiger partial charge in [0, 0.05) is 18.7 Å². The molecule has 1 aliphatic rings. The molecule has 1 N–H and O–H groups in total. The monoisotopic (exact) mass is 235 g/mol. The van der Waals surface area contributed by atoms with E-state index in [-0.39, 0.29) is 0 Å². The predicted octanol–water partition coefficient (Wildman–Crippen LogP) is 2.00. The molecule has 1 aromatic rings. The van der Waals surface area contributed by atoms with Crippen LogP contribution in [0.1, 0.15) is 18.9 Å². The summed E-state index contributed by atoms with van der Waals surface area (Å²) in [6, 6.07) is 9.30. The van der Waals surface area contributed by atoms with Crippen LogP contribution in [0.15, 0.2) is 24.3 Å². The zero-order valence-corrected chi connectivity index (χ0v) is 10.6. The molecular weight excluding hydrogens is 214 g/mol. The third-order valence-electron chi connectivity index (χ3n) is 3.15. The lowest BCUT2D eigenvalue weighted by atomic mass is 10.1. The molecule has 3 heteroatoms. The van der Waals surface area contributed by atoms with Crippen molar-refractivity contribution >= 4 is 0 Å². The third kappa shape index (κ3) is 3.72. The Labute approximate surface area is 103 Å². The highest BCUT2D eigenvalue weighted by molar-refractivity contribution is 5.27. The lowest BCUT2D eigenvalue weighted by Crippen LogP contribution is -2.38. The Bertz CT molecular complexity index is 331. The minimum atomic E-state index is 0.482. The van der Waals surface area contributed by atoms with Crippen molar-refractivity contribution in [1.82, 2.24) is 5.32 Å². The first-order valence-electron chi connectivity index (χ1n) is 6.24. The molecule has 0 spiro atoms. The third-order valence-corrected chi connectivity index (χ3v) is 3.15. The Kier molecular flexibility index (Phi) is 4.40. The molecular formula is C14H21NO2. The van der Waals surface area contributed by atoms with Crippen molar-refractivity contribution < 1.29 is 9.47 Å². The van der Waals surface area contributed by atoms with Crippen molar-refractivity contribution in [1.29, 1.82) is 0 Å². The van der Waals surface area contributed by atoms with E-state index in [1.807, 2.05) is 12.1 Å². The Morgan fingerprint density at radius 3 is 2.76 bits per heavy atom. The molecule has 0 radical (unpaired) electrons. The largest absolute Gasteiger partial charge is 0.497 e. The van der Waals surface area contributed by atoms with Crippen LogP contribution >= 0.6 is 0 Å². The fraction of sp³-hybridized carbons (Fsp3) is 0.571. The van der Waals surface area contributed by atoms with E-state index in [4.69, 9.17) is 9.47 Å². The Hall–Kier alpha value is -1.06. The molecule has 1 aliphatic heterocycles. The van der Waals surface area contributed by atoms with Crippen LogP contribution in [0.4, 0.5) is 0 Å². The topological polar surface area (TPSA) is 30.5 Å². The second kappa shape index (κ2) is 6.03. The van der Waals surface area contributed by atoms with E-state index in [2.05, 4.69) is 24.4 Å². The van der Waals surface area contributed by atoms with Crippen LogP contribution in [0.2, 0.25) is 0 Å². The summed E-state index contributed by atoms with van der Waals surface area (Å²) in [7, 11) is 1.69. The van der Waals surface area contributed by atoms with Gasteiger partial charge in [-0.1, -0.05) is 12.1 Å². The van der Waals surface area contributed by atoms with E-state index in [1.165, 1.54) is 5.56 Å². The Morgan fingerprint density at radius 2 is 2.18 bits per heavy atom. The molecule has 2 atom stereocenters. The summed E-state index contributed by atoms with van der Waals surface area (Å²) in [5, 5.41) is 3.60. The van der Waals surface area contributed by atoms with Crippen LogP contribution in [0, 0.1) is 0 Å². The van der Waals surface area contributed by atoms with E-state index >= 15 is 0 Å². The van der Waals surface area contributed by atoms with Gasteiger partial charge >= 0.3 is 0 Å². The van der Waals surface area contributed by atoms with Crippen molar-refractivity contribution in [2.45, 2.75) is 31.8 Å². The smallest absolute Gasteiger partial charge is 0.118 e. The molecule has 3 nitrogen and oxygen atoms in total. The summed E-state index contributed by atoms with van der Waals surface area (Å²) in [5.74, 6) is 0.915. The van der Waals surface area contributed by atoms with Gasteiger partial charge in [0.05, 0.1) is 13.7 Å². The van der Waals surface area contributed by atoms with Gasteiger partial charge in [0.25, 0.3) is 0 Å². The summed E-state index contributed by atoms with van der Waals surface area (Å²) >= 11 is 0. The van der Waals surface area contributed by atoms with Gasteiger partial charge in [0.1, 0.15) is 5.75 Å². The molecule has 1 aromatic carbocycles. The Morgan fingerprint density at radius 1 is 1.41 bits per heavy atom. The molecule has 0 amide bonds. The highest BCUT2D eigenvalue weighted by atomic mass is 16.5. The molecule has 0 aliphatic carbocycles. The normalized spacial score (nSPS) is 21.4. The van der Waals surface area contributed by atoms with Gasteiger partial charge in [0.15, 0.2) is 0 Å². The molecule has 1 heterocycles. The second-order valence-electron chi connectivity index (χ2n) is 4.68. The van der Waals surface area contributed by atoms with Gasteiger partial charge in [-0.15, -0.1) is 0 Å². The van der Waals surface area contributed by atoms with E-state index < -0.39 is 0 Å². The Balaban J connectivity index is 1.81. The molecule has 0 bridgehead atoms. The summed E-state index contributed by atoms with van der Waals surface area (Å²) in [6.07, 6.45) is 2.17. The van der Waals surface area contributed by atoms with Crippen LogP contribution < -0.4 is 10.1 Å². The van der Waals surface area contributed by atoms with Crippen LogP contribution in [-0.2, 0) is 11.2 Å². The first-order valence-corrected chi connectivity index (χ1v) is 6.24. The zero-order chi connectivity index (χ0) is 12.1. The fourth-order valence-corrected chi connectivity index (χ4v) is 2.24. The lowest BCUT2D eigenvalue weighted by molar-refractivity contribution is 0.188. The first-order chi connectivity index (χ1) is 8.28. The van der Waals surface area contributed by atoms with Crippen LogP contribution in [0.5, 0.6) is 5.75 Å². The van der Waals surface area contributed by atoms with Crippen molar-refractivity contribution in [2.24, 2.45) is 0 Å². The van der Waals surface area contributed by atoms with Crippen LogP contribution in [0.25, 0.3) is 0 Å². The van der Waals surface area contributed by atoms with E-state index in [0.29, 0.717) is 12.1 Å². The zero-order valence-electron chi connectivity index (χ0n) is 10.6.